The highest BCUT2D eigenvalue weighted by atomic mass is 32.3. The first-order valence-electron chi connectivity index (χ1n) is 9.34. The average Bonchev–Trinajstić information content (AvgIpc) is 3.39. The summed E-state index contributed by atoms with van der Waals surface area (Å²) in [6.45, 7) is 1.43. The van der Waals surface area contributed by atoms with Gasteiger partial charge in [-0.2, -0.15) is 13.5 Å². The van der Waals surface area contributed by atoms with Crippen LogP contribution in [0.4, 0.5) is 4.79 Å². The second kappa shape index (κ2) is 7.69. The fourth-order valence-corrected chi connectivity index (χ4v) is 4.64. The van der Waals surface area contributed by atoms with E-state index in [9.17, 15) is 18.0 Å². The molecule has 0 saturated carbocycles. The van der Waals surface area contributed by atoms with Crippen molar-refractivity contribution in [3.05, 3.63) is 6.33 Å². The molecule has 16 heteroatoms. The molecule has 3 amide bonds. The van der Waals surface area contributed by atoms with Gasteiger partial charge in [-0.1, -0.05) is 0 Å². The Bertz CT molecular complexity index is 911. The zero-order valence-corrected chi connectivity index (χ0v) is 16.6. The molecule has 3 aliphatic heterocycles. The molecule has 3 fully saturated rings. The SMILES string of the molecule is NC(=O)C1(OC[C@H]2C[C@H](Cn3cnnn3)CN2)CCC2CN1C(=O)N2OS(=O)(=O)O. The zero-order valence-electron chi connectivity index (χ0n) is 15.8. The van der Waals surface area contributed by atoms with Crippen LogP contribution in [0, 0.1) is 5.92 Å². The Labute approximate surface area is 171 Å². The molecule has 1 aromatic rings. The number of primary amides is 1. The third kappa shape index (κ3) is 3.95. The molecule has 3 aliphatic rings. The maximum Gasteiger partial charge on any atom is 0.418 e. The summed E-state index contributed by atoms with van der Waals surface area (Å²) in [5.74, 6) is -0.597. The predicted octanol–water partition coefficient (Wildman–Crippen LogP) is -2.52. The van der Waals surface area contributed by atoms with Crippen molar-refractivity contribution in [2.45, 2.75) is 43.6 Å². The highest BCUT2D eigenvalue weighted by Crippen LogP contribution is 2.38. The largest absolute Gasteiger partial charge is 0.418 e. The number of aromatic nitrogens is 4. The summed E-state index contributed by atoms with van der Waals surface area (Å²) in [6.07, 6.45) is 2.55. The number of nitrogens with one attached hydrogen (secondary N) is 1. The Morgan fingerprint density at radius 2 is 2.27 bits per heavy atom. The van der Waals surface area contributed by atoms with Crippen molar-refractivity contribution in [2.75, 3.05) is 19.7 Å². The molecular formula is C14H22N8O7S. The summed E-state index contributed by atoms with van der Waals surface area (Å²) in [4.78, 5) is 26.0. The lowest BCUT2D eigenvalue weighted by Gasteiger charge is -2.40. The molecule has 2 bridgehead atoms. The van der Waals surface area contributed by atoms with Crippen LogP contribution in [-0.2, 0) is 30.8 Å². The van der Waals surface area contributed by atoms with Gasteiger partial charge in [-0.15, -0.1) is 9.38 Å². The van der Waals surface area contributed by atoms with Crippen LogP contribution in [0.5, 0.6) is 0 Å². The van der Waals surface area contributed by atoms with Gasteiger partial charge in [0, 0.05) is 32.1 Å². The lowest BCUT2D eigenvalue weighted by Crippen LogP contribution is -2.62. The molecule has 0 radical (unpaired) electrons. The normalized spacial score (nSPS) is 31.5. The van der Waals surface area contributed by atoms with Gasteiger partial charge in [0.1, 0.15) is 6.33 Å². The van der Waals surface area contributed by atoms with Crippen LogP contribution < -0.4 is 11.1 Å². The number of hydrogen-bond acceptors (Lipinski definition) is 10. The van der Waals surface area contributed by atoms with E-state index in [4.69, 9.17) is 15.0 Å². The standard InChI is InChI=1S/C14H22N8O7S/c15-12(23)14(2-1-11-6-21(14)13(24)22(11)29-30(25,26)27)28-7-10-3-9(4-16-10)5-20-8-17-18-19-20/h8-11,16H,1-7H2,(H2,15,23)(H,25,26,27)/t9-,10+,11?,14?/m0/s1. The van der Waals surface area contributed by atoms with Crippen molar-refractivity contribution in [3.8, 4) is 0 Å². The molecule has 166 valence electrons. The second-order valence-corrected chi connectivity index (χ2v) is 8.62. The lowest BCUT2D eigenvalue weighted by molar-refractivity contribution is -0.175. The van der Waals surface area contributed by atoms with Gasteiger partial charge in [-0.3, -0.25) is 14.2 Å². The number of ether oxygens (including phenoxy) is 1. The number of urea groups is 1. The first-order valence-corrected chi connectivity index (χ1v) is 10.7. The molecule has 0 spiro atoms. The molecule has 0 aromatic carbocycles. The number of hydrogen-bond donors (Lipinski definition) is 3. The minimum atomic E-state index is -4.89. The molecule has 30 heavy (non-hydrogen) atoms. The minimum absolute atomic E-state index is 0.0166. The second-order valence-electron chi connectivity index (χ2n) is 7.61. The van der Waals surface area contributed by atoms with Gasteiger partial charge in [0.05, 0.1) is 12.6 Å². The van der Waals surface area contributed by atoms with Crippen LogP contribution >= 0.6 is 0 Å². The highest BCUT2D eigenvalue weighted by Gasteiger charge is 2.58. The quantitative estimate of drug-likeness (QED) is 0.357. The lowest BCUT2D eigenvalue weighted by atomic mass is 9.96. The van der Waals surface area contributed by atoms with Crippen molar-refractivity contribution < 1.29 is 31.6 Å². The molecule has 4 rings (SSSR count). The minimum Gasteiger partial charge on any atom is -0.365 e. The Morgan fingerprint density at radius 3 is 2.93 bits per heavy atom. The topological polar surface area (TPSA) is 195 Å². The number of nitrogens with two attached hydrogens (primary N) is 1. The van der Waals surface area contributed by atoms with Gasteiger partial charge in [0.15, 0.2) is 0 Å². The number of carbonyl (C=O) groups excluding carboxylic acids is 2. The molecule has 3 saturated heterocycles. The van der Waals surface area contributed by atoms with E-state index in [1.54, 1.807) is 4.68 Å². The number of carbonyl (C=O) groups is 2. The monoisotopic (exact) mass is 446 g/mol. The van der Waals surface area contributed by atoms with E-state index in [0.29, 0.717) is 18.2 Å². The van der Waals surface area contributed by atoms with Gasteiger partial charge in [-0.25, -0.2) is 9.48 Å². The predicted molar refractivity (Wildman–Crippen MR) is 95.2 cm³/mol. The van der Waals surface area contributed by atoms with Crippen LogP contribution in [-0.4, -0.2) is 92.6 Å². The van der Waals surface area contributed by atoms with E-state index in [-0.39, 0.29) is 38.0 Å². The maximum atomic E-state index is 12.6. The fourth-order valence-electron chi connectivity index (χ4n) is 4.25. The Balaban J connectivity index is 1.40. The Morgan fingerprint density at radius 1 is 1.47 bits per heavy atom. The van der Waals surface area contributed by atoms with Gasteiger partial charge in [-0.05, 0) is 29.2 Å². The van der Waals surface area contributed by atoms with Crippen LogP contribution in [0.3, 0.4) is 0 Å². The fraction of sp³-hybridized carbons (Fsp3) is 0.786. The summed E-state index contributed by atoms with van der Waals surface area (Å²) in [7, 11) is -4.89. The number of tetrazole rings is 1. The van der Waals surface area contributed by atoms with Crippen LogP contribution in [0.15, 0.2) is 6.33 Å². The summed E-state index contributed by atoms with van der Waals surface area (Å²) in [5, 5.41) is 14.9. The first-order chi connectivity index (χ1) is 14.2. The zero-order chi connectivity index (χ0) is 21.5. The highest BCUT2D eigenvalue weighted by molar-refractivity contribution is 7.80. The first kappa shape index (κ1) is 20.9. The number of hydroxylamine groups is 2. The van der Waals surface area contributed by atoms with E-state index in [2.05, 4.69) is 25.1 Å². The molecule has 2 unspecified atom stereocenters. The van der Waals surface area contributed by atoms with E-state index in [1.165, 1.54) is 6.33 Å². The number of piperidine rings is 1. The Kier molecular flexibility index (Phi) is 5.35. The van der Waals surface area contributed by atoms with Gasteiger partial charge in [0.2, 0.25) is 5.72 Å². The Hall–Kier alpha value is -2.40. The molecule has 4 atom stereocenters. The number of fused-ring (bicyclic) bond motifs is 2. The van der Waals surface area contributed by atoms with Crippen LogP contribution in [0.1, 0.15) is 19.3 Å². The summed E-state index contributed by atoms with van der Waals surface area (Å²) < 4.78 is 42.9. The molecule has 15 nitrogen and oxygen atoms in total. The number of amides is 3. The maximum absolute atomic E-state index is 12.6. The van der Waals surface area contributed by atoms with E-state index in [1.807, 2.05) is 0 Å². The van der Waals surface area contributed by atoms with Gasteiger partial charge >= 0.3 is 16.4 Å². The summed E-state index contributed by atoms with van der Waals surface area (Å²) >= 11 is 0. The number of rotatable bonds is 8. The van der Waals surface area contributed by atoms with E-state index in [0.717, 1.165) is 11.3 Å². The molecule has 4 heterocycles. The van der Waals surface area contributed by atoms with Crippen molar-refractivity contribution in [1.29, 1.82) is 0 Å². The van der Waals surface area contributed by atoms with Gasteiger partial charge in [0.25, 0.3) is 5.91 Å². The van der Waals surface area contributed by atoms with Crippen molar-refractivity contribution in [1.82, 2.24) is 35.5 Å². The van der Waals surface area contributed by atoms with E-state index < -0.39 is 34.1 Å². The third-order valence-corrected chi connectivity index (χ3v) is 5.98. The van der Waals surface area contributed by atoms with Crippen molar-refractivity contribution >= 4 is 22.3 Å². The van der Waals surface area contributed by atoms with Crippen LogP contribution in [0.25, 0.3) is 0 Å². The molecule has 0 aliphatic carbocycles. The molecular weight excluding hydrogens is 424 g/mol. The van der Waals surface area contributed by atoms with Crippen LogP contribution in [0.2, 0.25) is 0 Å². The average molecular weight is 446 g/mol. The van der Waals surface area contributed by atoms with Gasteiger partial charge < -0.3 is 15.8 Å². The third-order valence-electron chi connectivity index (χ3n) is 5.63. The summed E-state index contributed by atoms with van der Waals surface area (Å²) in [6, 6.07) is -1.64. The molecule has 1 aromatic heterocycles. The van der Waals surface area contributed by atoms with E-state index >= 15 is 0 Å². The number of nitrogens with zero attached hydrogens (tertiary/aromatic N) is 6. The van der Waals surface area contributed by atoms with Crippen molar-refractivity contribution in [2.24, 2.45) is 11.7 Å². The van der Waals surface area contributed by atoms with Crippen molar-refractivity contribution in [3.63, 3.8) is 0 Å². The smallest absolute Gasteiger partial charge is 0.365 e. The summed E-state index contributed by atoms with van der Waals surface area (Å²) in [5.41, 5.74) is 3.87. The molecule has 4 N–H and O–H groups in total.